The van der Waals surface area contributed by atoms with Crippen LogP contribution in [0.1, 0.15) is 24.5 Å². The quantitative estimate of drug-likeness (QED) is 0.657. The van der Waals surface area contributed by atoms with Crippen LogP contribution in [0.25, 0.3) is 10.9 Å². The fourth-order valence-corrected chi connectivity index (χ4v) is 2.21. The molecule has 0 aliphatic carbocycles. The highest BCUT2D eigenvalue weighted by Gasteiger charge is 2.19. The van der Waals surface area contributed by atoms with Gasteiger partial charge in [0.05, 0.1) is 5.52 Å². The number of ether oxygens (including phenoxy) is 2. The number of hydrogen-bond acceptors (Lipinski definition) is 4. The van der Waals surface area contributed by atoms with Crippen LogP contribution in [-0.2, 0) is 9.53 Å². The van der Waals surface area contributed by atoms with Crippen molar-refractivity contribution < 1.29 is 14.3 Å². The lowest BCUT2D eigenvalue weighted by molar-refractivity contribution is -0.148. The van der Waals surface area contributed by atoms with Crippen LogP contribution in [0.5, 0.6) is 5.75 Å². The molecule has 0 radical (unpaired) electrons. The van der Waals surface area contributed by atoms with E-state index in [1.807, 2.05) is 26.0 Å². The van der Waals surface area contributed by atoms with Gasteiger partial charge in [0.25, 0.3) is 12.2 Å². The average molecular weight is 312 g/mol. The molecule has 0 saturated heterocycles. The number of benzene rings is 1. The van der Waals surface area contributed by atoms with Gasteiger partial charge in [0.15, 0.2) is 0 Å². The van der Waals surface area contributed by atoms with E-state index in [9.17, 15) is 4.79 Å². The molecule has 0 aliphatic rings. The second-order valence-electron chi connectivity index (χ2n) is 5.16. The van der Waals surface area contributed by atoms with E-state index in [1.165, 1.54) is 7.11 Å². The predicted molar refractivity (Wildman–Crippen MR) is 89.1 cm³/mol. The van der Waals surface area contributed by atoms with E-state index in [2.05, 4.69) is 16.2 Å². The maximum Gasteiger partial charge on any atom is 0.289 e. The predicted octanol–water partition coefficient (Wildman–Crippen LogP) is 2.40. The van der Waals surface area contributed by atoms with E-state index >= 15 is 0 Å². The number of hydrogen-bond donors (Lipinski definition) is 1. The largest absolute Gasteiger partial charge is 0.455 e. The Morgan fingerprint density at radius 3 is 2.87 bits per heavy atom. The molecular formula is C18H20N2O3. The van der Waals surface area contributed by atoms with Gasteiger partial charge >= 0.3 is 0 Å². The summed E-state index contributed by atoms with van der Waals surface area (Å²) in [5.74, 6) is 2.79. The number of methoxy groups -OCH3 is 1. The summed E-state index contributed by atoms with van der Waals surface area (Å²) >= 11 is 0. The van der Waals surface area contributed by atoms with Crippen LogP contribution >= 0.6 is 0 Å². The Kier molecular flexibility index (Phi) is 5.56. The summed E-state index contributed by atoms with van der Waals surface area (Å²) in [5.41, 5.74) is 2.48. The van der Waals surface area contributed by atoms with Gasteiger partial charge in [-0.3, -0.25) is 9.78 Å². The lowest BCUT2D eigenvalue weighted by Gasteiger charge is -2.17. The number of nitrogens with zero attached hydrogens (tertiary/aromatic N) is 1. The summed E-state index contributed by atoms with van der Waals surface area (Å²) in [5, 5.41) is 3.61. The number of aryl methyl sites for hydroxylation is 1. The van der Waals surface area contributed by atoms with E-state index in [4.69, 9.17) is 15.9 Å². The molecule has 1 atom stereocenters. The van der Waals surface area contributed by atoms with Crippen molar-refractivity contribution in [2.45, 2.75) is 26.6 Å². The Morgan fingerprint density at radius 2 is 2.22 bits per heavy atom. The molecule has 23 heavy (non-hydrogen) atoms. The first-order valence-electron chi connectivity index (χ1n) is 7.43. The zero-order valence-electron chi connectivity index (χ0n) is 13.6. The minimum Gasteiger partial charge on any atom is -0.455 e. The number of aromatic nitrogens is 1. The number of carbonyl (C=O) groups excluding carboxylic acids is 1. The maximum absolute atomic E-state index is 12.0. The van der Waals surface area contributed by atoms with Gasteiger partial charge in [-0.2, -0.15) is 0 Å². The van der Waals surface area contributed by atoms with E-state index in [0.717, 1.165) is 22.9 Å². The Hall–Kier alpha value is -2.58. The average Bonchev–Trinajstić information content (AvgIpc) is 2.56. The van der Waals surface area contributed by atoms with Crippen molar-refractivity contribution in [1.29, 1.82) is 0 Å². The van der Waals surface area contributed by atoms with Crippen LogP contribution in [0.2, 0.25) is 0 Å². The van der Waals surface area contributed by atoms with Crippen molar-refractivity contribution >= 4 is 16.8 Å². The zero-order valence-corrected chi connectivity index (χ0v) is 13.6. The lowest BCUT2D eigenvalue weighted by Crippen LogP contribution is -2.39. The van der Waals surface area contributed by atoms with Gasteiger partial charge < -0.3 is 14.8 Å². The van der Waals surface area contributed by atoms with E-state index in [1.54, 1.807) is 12.3 Å². The number of carbonyl (C=O) groups is 1. The van der Waals surface area contributed by atoms with Crippen LogP contribution in [0, 0.1) is 19.3 Å². The molecule has 0 saturated carbocycles. The van der Waals surface area contributed by atoms with Gasteiger partial charge in [-0.25, -0.2) is 0 Å². The molecule has 5 nitrogen and oxygen atoms in total. The minimum absolute atomic E-state index is 0.303. The number of rotatable bonds is 6. The van der Waals surface area contributed by atoms with Crippen LogP contribution < -0.4 is 10.1 Å². The molecule has 0 aliphatic heterocycles. The lowest BCUT2D eigenvalue weighted by atomic mass is 10.1. The first-order valence-corrected chi connectivity index (χ1v) is 7.43. The first-order chi connectivity index (χ1) is 11.1. The summed E-state index contributed by atoms with van der Waals surface area (Å²) in [6.07, 6.45) is 6.92. The van der Waals surface area contributed by atoms with Crippen LogP contribution in [0.4, 0.5) is 0 Å². The molecule has 1 heterocycles. The highest BCUT2D eigenvalue weighted by molar-refractivity contribution is 5.85. The standard InChI is InChI=1S/C18H20N2O3/c1-5-7-19-17(21)18(22-4)23-15-8-12(3)16-14(10-15)9-13(6-2)11-20-16/h2,8-11,18H,5,7H2,1,3-4H3,(H,19,21). The molecule has 1 aromatic carbocycles. The molecule has 0 fully saturated rings. The van der Waals surface area contributed by atoms with Crippen molar-refractivity contribution in [2.75, 3.05) is 13.7 Å². The van der Waals surface area contributed by atoms with E-state index in [-0.39, 0.29) is 5.91 Å². The fraction of sp³-hybridized carbons (Fsp3) is 0.333. The number of terminal acetylenes is 1. The molecule has 1 unspecified atom stereocenters. The van der Waals surface area contributed by atoms with Gasteiger partial charge in [0.2, 0.25) is 0 Å². The smallest absolute Gasteiger partial charge is 0.289 e. The molecule has 0 spiro atoms. The number of nitrogens with one attached hydrogen (secondary N) is 1. The molecule has 1 aromatic heterocycles. The van der Waals surface area contributed by atoms with Crippen molar-refractivity contribution in [1.82, 2.24) is 10.3 Å². The zero-order chi connectivity index (χ0) is 16.8. The maximum atomic E-state index is 12.0. The second kappa shape index (κ2) is 7.61. The molecule has 1 amide bonds. The molecule has 1 N–H and O–H groups in total. The number of pyridine rings is 1. The van der Waals surface area contributed by atoms with Gasteiger partial charge in [-0.1, -0.05) is 12.8 Å². The van der Waals surface area contributed by atoms with E-state index < -0.39 is 6.29 Å². The summed E-state index contributed by atoms with van der Waals surface area (Å²) in [7, 11) is 1.43. The van der Waals surface area contributed by atoms with Crippen molar-refractivity contribution in [3.63, 3.8) is 0 Å². The topological polar surface area (TPSA) is 60.5 Å². The third kappa shape index (κ3) is 3.99. The Morgan fingerprint density at radius 1 is 1.43 bits per heavy atom. The van der Waals surface area contributed by atoms with Crippen molar-refractivity contribution in [3.05, 3.63) is 35.5 Å². The minimum atomic E-state index is -0.998. The van der Waals surface area contributed by atoms with Gasteiger partial charge in [-0.05, 0) is 37.1 Å². The molecule has 2 rings (SSSR count). The van der Waals surface area contributed by atoms with Gasteiger partial charge in [0, 0.05) is 30.8 Å². The molecule has 2 aromatic rings. The highest BCUT2D eigenvalue weighted by Crippen LogP contribution is 2.25. The van der Waals surface area contributed by atoms with Crippen LogP contribution in [0.3, 0.4) is 0 Å². The summed E-state index contributed by atoms with van der Waals surface area (Å²) in [6.45, 7) is 4.48. The van der Waals surface area contributed by atoms with Crippen LogP contribution in [0.15, 0.2) is 24.4 Å². The second-order valence-corrected chi connectivity index (χ2v) is 5.16. The SMILES string of the molecule is C#Cc1cnc2c(C)cc(OC(OC)C(=O)NCCC)cc2c1. The fourth-order valence-electron chi connectivity index (χ4n) is 2.21. The third-order valence-electron chi connectivity index (χ3n) is 3.33. The Bertz CT molecular complexity index is 750. The summed E-state index contributed by atoms with van der Waals surface area (Å²) in [4.78, 5) is 16.3. The van der Waals surface area contributed by atoms with Gasteiger partial charge in [-0.15, -0.1) is 6.42 Å². The molecule has 5 heteroatoms. The number of fused-ring (bicyclic) bond motifs is 1. The van der Waals surface area contributed by atoms with Crippen LogP contribution in [-0.4, -0.2) is 30.8 Å². The Labute approximate surface area is 136 Å². The van der Waals surface area contributed by atoms with Crippen molar-refractivity contribution in [2.24, 2.45) is 0 Å². The van der Waals surface area contributed by atoms with Gasteiger partial charge in [0.1, 0.15) is 5.75 Å². The summed E-state index contributed by atoms with van der Waals surface area (Å²) < 4.78 is 10.8. The Balaban J connectivity index is 2.28. The molecule has 0 bridgehead atoms. The molecular weight excluding hydrogens is 292 g/mol. The summed E-state index contributed by atoms with van der Waals surface area (Å²) in [6, 6.07) is 5.49. The third-order valence-corrected chi connectivity index (χ3v) is 3.33. The van der Waals surface area contributed by atoms with E-state index in [0.29, 0.717) is 17.9 Å². The number of amides is 1. The first kappa shape index (κ1) is 16.8. The molecule has 120 valence electrons. The highest BCUT2D eigenvalue weighted by atomic mass is 16.7. The van der Waals surface area contributed by atoms with Crippen molar-refractivity contribution in [3.8, 4) is 18.1 Å². The monoisotopic (exact) mass is 312 g/mol. The normalized spacial score (nSPS) is 11.7.